The van der Waals surface area contributed by atoms with Crippen LogP contribution < -0.4 is 5.32 Å². The number of fused-ring (bicyclic) bond motifs is 1. The Morgan fingerprint density at radius 2 is 1.97 bits per heavy atom. The summed E-state index contributed by atoms with van der Waals surface area (Å²) < 4.78 is 6.58. The second-order valence-electron chi connectivity index (χ2n) is 6.78. The van der Waals surface area contributed by atoms with Crippen LogP contribution in [0.4, 0.5) is 0 Å². The summed E-state index contributed by atoms with van der Waals surface area (Å²) in [5, 5.41) is 4.55. The lowest BCUT2D eigenvalue weighted by Crippen LogP contribution is -2.43. The van der Waals surface area contributed by atoms with Gasteiger partial charge in [-0.2, -0.15) is 0 Å². The molecule has 1 atom stereocenters. The third-order valence-electron chi connectivity index (χ3n) is 4.91. The minimum Gasteiger partial charge on any atom is -0.379 e. The van der Waals surface area contributed by atoms with Crippen LogP contribution in [-0.4, -0.2) is 48.6 Å². The number of nitrogens with zero attached hydrogens (tertiary/aromatic N) is 2. The van der Waals surface area contributed by atoms with E-state index < -0.39 is 0 Å². The average Bonchev–Trinajstić information content (AvgIpc) is 3.17. The van der Waals surface area contributed by atoms with E-state index in [-0.39, 0.29) is 11.9 Å². The molecule has 0 radical (unpaired) electrons. The van der Waals surface area contributed by atoms with E-state index >= 15 is 0 Å². The number of halogens is 1. The summed E-state index contributed by atoms with van der Waals surface area (Å²) in [6.45, 7) is 3.48. The molecule has 1 N–H and O–H groups in total. The molecule has 3 aromatic rings. The second kappa shape index (κ2) is 9.50. The van der Waals surface area contributed by atoms with E-state index in [2.05, 4.69) is 15.2 Å². The lowest BCUT2D eigenvalue weighted by atomic mass is 10.0. The van der Waals surface area contributed by atoms with Crippen molar-refractivity contribution in [1.29, 1.82) is 0 Å². The van der Waals surface area contributed by atoms with Crippen LogP contribution in [0.2, 0.25) is 5.02 Å². The van der Waals surface area contributed by atoms with Gasteiger partial charge in [0.1, 0.15) is 5.01 Å². The fourth-order valence-corrected chi connectivity index (χ4v) is 4.57. The van der Waals surface area contributed by atoms with Crippen LogP contribution in [-0.2, 0) is 9.53 Å². The molecule has 7 heteroatoms. The van der Waals surface area contributed by atoms with Crippen LogP contribution in [0, 0.1) is 0 Å². The summed E-state index contributed by atoms with van der Waals surface area (Å²) in [5.41, 5.74) is 1.97. The monoisotopic (exact) mass is 427 g/mol. The topological polar surface area (TPSA) is 54.5 Å². The van der Waals surface area contributed by atoms with Gasteiger partial charge in [-0.05, 0) is 29.8 Å². The predicted molar refractivity (Wildman–Crippen MR) is 118 cm³/mol. The van der Waals surface area contributed by atoms with Gasteiger partial charge in [-0.15, -0.1) is 11.3 Å². The Hall–Kier alpha value is -2.25. The summed E-state index contributed by atoms with van der Waals surface area (Å²) in [7, 11) is 0. The zero-order chi connectivity index (χ0) is 20.1. The van der Waals surface area contributed by atoms with E-state index in [1.807, 2.05) is 48.5 Å². The molecule has 29 heavy (non-hydrogen) atoms. The van der Waals surface area contributed by atoms with Crippen molar-refractivity contribution in [1.82, 2.24) is 15.2 Å². The first-order chi connectivity index (χ1) is 14.2. The molecule has 5 nitrogen and oxygen atoms in total. The molecule has 0 saturated carbocycles. The van der Waals surface area contributed by atoms with Crippen molar-refractivity contribution in [2.45, 2.75) is 6.04 Å². The largest absolute Gasteiger partial charge is 0.379 e. The van der Waals surface area contributed by atoms with Crippen molar-refractivity contribution >= 4 is 45.1 Å². The van der Waals surface area contributed by atoms with Crippen molar-refractivity contribution in [2.24, 2.45) is 0 Å². The van der Waals surface area contributed by atoms with Crippen molar-refractivity contribution < 1.29 is 9.53 Å². The summed E-state index contributed by atoms with van der Waals surface area (Å²) in [6.07, 6.45) is 3.31. The Morgan fingerprint density at radius 3 is 2.76 bits per heavy atom. The number of hydrogen-bond acceptors (Lipinski definition) is 5. The summed E-state index contributed by atoms with van der Waals surface area (Å²) in [4.78, 5) is 19.3. The lowest BCUT2D eigenvalue weighted by Gasteiger charge is -2.35. The normalized spacial score (nSPS) is 16.3. The third-order valence-corrected chi connectivity index (χ3v) is 6.25. The molecule has 150 valence electrons. The maximum absolute atomic E-state index is 12.4. The molecule has 1 amide bonds. The van der Waals surface area contributed by atoms with E-state index in [4.69, 9.17) is 16.3 Å². The highest BCUT2D eigenvalue weighted by atomic mass is 35.5. The maximum atomic E-state index is 12.4. The van der Waals surface area contributed by atoms with Gasteiger partial charge in [0.2, 0.25) is 5.91 Å². The fraction of sp³-hybridized carbons (Fsp3) is 0.273. The highest BCUT2D eigenvalue weighted by Gasteiger charge is 2.24. The summed E-state index contributed by atoms with van der Waals surface area (Å²) in [6, 6.07) is 15.8. The van der Waals surface area contributed by atoms with Gasteiger partial charge in [0, 0.05) is 30.7 Å². The Kier molecular flexibility index (Phi) is 6.56. The Balaban J connectivity index is 1.43. The van der Waals surface area contributed by atoms with Crippen LogP contribution in [0.1, 0.15) is 16.6 Å². The number of benzene rings is 2. The Morgan fingerprint density at radius 1 is 1.21 bits per heavy atom. The number of nitrogens with one attached hydrogen (secondary N) is 1. The first-order valence-corrected chi connectivity index (χ1v) is 10.8. The van der Waals surface area contributed by atoms with Crippen LogP contribution in [0.25, 0.3) is 16.3 Å². The third kappa shape index (κ3) is 5.03. The number of morpholine rings is 1. The van der Waals surface area contributed by atoms with Crippen molar-refractivity contribution in [3.63, 3.8) is 0 Å². The number of carbonyl (C=O) groups is 1. The smallest absolute Gasteiger partial charge is 0.244 e. The second-order valence-corrected chi connectivity index (χ2v) is 8.25. The molecule has 2 aromatic carbocycles. The molecule has 4 rings (SSSR count). The Bertz CT molecular complexity index is 981. The van der Waals surface area contributed by atoms with Gasteiger partial charge in [0.05, 0.1) is 29.5 Å². The fourth-order valence-electron chi connectivity index (χ4n) is 3.43. The minimum atomic E-state index is -0.144. The highest BCUT2D eigenvalue weighted by Crippen LogP contribution is 2.28. The van der Waals surface area contributed by atoms with Gasteiger partial charge in [0.25, 0.3) is 0 Å². The minimum absolute atomic E-state index is 0.00685. The van der Waals surface area contributed by atoms with E-state index in [0.717, 1.165) is 33.9 Å². The summed E-state index contributed by atoms with van der Waals surface area (Å²) >= 11 is 8.01. The molecule has 0 spiro atoms. The molecule has 1 saturated heterocycles. The molecule has 1 aromatic heterocycles. The Labute approximate surface area is 179 Å². The van der Waals surface area contributed by atoms with E-state index in [9.17, 15) is 4.79 Å². The zero-order valence-electron chi connectivity index (χ0n) is 15.9. The van der Waals surface area contributed by atoms with Crippen LogP contribution >= 0.6 is 22.9 Å². The van der Waals surface area contributed by atoms with Crippen LogP contribution in [0.3, 0.4) is 0 Å². The lowest BCUT2D eigenvalue weighted by molar-refractivity contribution is -0.116. The molecule has 0 bridgehead atoms. The van der Waals surface area contributed by atoms with Gasteiger partial charge >= 0.3 is 0 Å². The van der Waals surface area contributed by atoms with Crippen LogP contribution in [0.15, 0.2) is 54.6 Å². The van der Waals surface area contributed by atoms with Crippen molar-refractivity contribution in [3.05, 3.63) is 70.2 Å². The first-order valence-electron chi connectivity index (χ1n) is 9.58. The number of amides is 1. The highest BCUT2D eigenvalue weighted by molar-refractivity contribution is 7.19. The average molecular weight is 428 g/mol. The molecular formula is C22H22ClN3O2S. The number of rotatable bonds is 6. The zero-order valence-corrected chi connectivity index (χ0v) is 17.5. The molecule has 1 aliphatic heterocycles. The number of ether oxygens (including phenoxy) is 1. The SMILES string of the molecule is O=C(/C=C/c1nc2ccccc2s1)NCC(c1ccccc1Cl)N1CCOCC1. The molecular weight excluding hydrogens is 406 g/mol. The molecule has 0 aliphatic carbocycles. The standard InChI is InChI=1S/C22H22ClN3O2S/c23-17-6-2-1-5-16(17)19(26-11-13-28-14-12-26)15-24-21(27)9-10-22-25-18-7-3-4-8-20(18)29-22/h1-10,19H,11-15H2,(H,24,27)/b10-9+. The molecule has 1 aliphatic rings. The first kappa shape index (κ1) is 20.0. The molecule has 2 heterocycles. The van der Waals surface area contributed by atoms with Gasteiger partial charge in [0.15, 0.2) is 0 Å². The maximum Gasteiger partial charge on any atom is 0.244 e. The van der Waals surface area contributed by atoms with Gasteiger partial charge in [-0.25, -0.2) is 4.98 Å². The van der Waals surface area contributed by atoms with E-state index in [0.29, 0.717) is 24.8 Å². The number of thiazole rings is 1. The number of hydrogen-bond donors (Lipinski definition) is 1. The number of aromatic nitrogens is 1. The summed E-state index contributed by atoms with van der Waals surface area (Å²) in [5.74, 6) is -0.144. The van der Waals surface area contributed by atoms with Gasteiger partial charge < -0.3 is 10.1 Å². The number of carbonyl (C=O) groups excluding carboxylic acids is 1. The predicted octanol–water partition coefficient (Wildman–Crippen LogP) is 4.15. The molecule has 1 unspecified atom stereocenters. The van der Waals surface area contributed by atoms with Crippen molar-refractivity contribution in [3.8, 4) is 0 Å². The quantitative estimate of drug-likeness (QED) is 0.600. The van der Waals surface area contributed by atoms with Crippen LogP contribution in [0.5, 0.6) is 0 Å². The van der Waals surface area contributed by atoms with Gasteiger partial charge in [-0.1, -0.05) is 41.9 Å². The number of para-hydroxylation sites is 1. The molecule has 1 fully saturated rings. The van der Waals surface area contributed by atoms with Crippen molar-refractivity contribution in [2.75, 3.05) is 32.8 Å². The van der Waals surface area contributed by atoms with E-state index in [1.54, 1.807) is 23.5 Å². The van der Waals surface area contributed by atoms with E-state index in [1.165, 1.54) is 0 Å². The van der Waals surface area contributed by atoms with Gasteiger partial charge in [-0.3, -0.25) is 9.69 Å².